The molecule has 5 nitrogen and oxygen atoms in total. The lowest BCUT2D eigenvalue weighted by Gasteiger charge is -2.61. The SMILES string of the molecule is N#Cc1ccc2c(c1)C1(c3c-2cccc3-c2cccc3c2oc2cc(-c4nc(-c5ccccc5)nc(-c5ccccc5)n4)ccc23)C2CC3CC(C2)CC1C3. The molecule has 5 aliphatic carbocycles. The van der Waals surface area contributed by atoms with Crippen molar-refractivity contribution in [3.05, 3.63) is 150 Å². The van der Waals surface area contributed by atoms with Crippen LogP contribution in [0, 0.1) is 35.0 Å². The summed E-state index contributed by atoms with van der Waals surface area (Å²) in [4.78, 5) is 14.9. The summed E-state index contributed by atoms with van der Waals surface area (Å²) in [5, 5.41) is 12.3. The van der Waals surface area contributed by atoms with Crippen LogP contribution in [0.25, 0.3) is 78.4 Å². The first-order valence-electron chi connectivity index (χ1n) is 19.7. The van der Waals surface area contributed by atoms with Crippen LogP contribution in [0.2, 0.25) is 0 Å². The topological polar surface area (TPSA) is 75.6 Å². The fourth-order valence-electron chi connectivity index (χ4n) is 11.6. The van der Waals surface area contributed by atoms with Gasteiger partial charge in [-0.2, -0.15) is 5.26 Å². The quantitative estimate of drug-likeness (QED) is 0.182. The Bertz CT molecular complexity index is 2820. The molecular weight excluding hydrogens is 673 g/mol. The number of para-hydroxylation sites is 1. The zero-order valence-electron chi connectivity index (χ0n) is 30.2. The highest BCUT2D eigenvalue weighted by molar-refractivity contribution is 6.11. The molecule has 6 aromatic carbocycles. The Labute approximate surface area is 319 Å². The summed E-state index contributed by atoms with van der Waals surface area (Å²) < 4.78 is 6.98. The van der Waals surface area contributed by atoms with Crippen molar-refractivity contribution in [2.45, 2.75) is 37.5 Å². The minimum Gasteiger partial charge on any atom is -0.455 e. The molecule has 262 valence electrons. The highest BCUT2D eigenvalue weighted by atomic mass is 16.3. The molecule has 0 atom stereocenters. The standard InChI is InChI=1S/C50H36N4O/c51-28-29-17-19-37-39-13-7-14-40(45(39)50(43(37)26-29)35-22-30-21-31(24-35)25-36(50)23-30)42-16-8-15-41-38-20-18-34(27-44(38)55-46(41)42)49-53-47(32-9-3-1-4-10-32)52-48(54-49)33-11-5-2-6-12-33/h1-20,26-27,30-31,35-36H,21-25H2. The Morgan fingerprint density at radius 2 is 1.13 bits per heavy atom. The number of aromatic nitrogens is 3. The van der Waals surface area contributed by atoms with Crippen LogP contribution in [-0.4, -0.2) is 15.0 Å². The van der Waals surface area contributed by atoms with E-state index >= 15 is 0 Å². The predicted molar refractivity (Wildman–Crippen MR) is 217 cm³/mol. The van der Waals surface area contributed by atoms with E-state index in [1.807, 2.05) is 66.7 Å². The lowest BCUT2D eigenvalue weighted by molar-refractivity contribution is -0.0397. The maximum Gasteiger partial charge on any atom is 0.164 e. The summed E-state index contributed by atoms with van der Waals surface area (Å²) in [7, 11) is 0. The van der Waals surface area contributed by atoms with Crippen molar-refractivity contribution < 1.29 is 4.42 Å². The van der Waals surface area contributed by atoms with Crippen LogP contribution in [0.1, 0.15) is 48.8 Å². The van der Waals surface area contributed by atoms with E-state index in [4.69, 9.17) is 19.4 Å². The Kier molecular flexibility index (Phi) is 6.52. The van der Waals surface area contributed by atoms with Crippen molar-refractivity contribution >= 4 is 21.9 Å². The van der Waals surface area contributed by atoms with Crippen molar-refractivity contribution in [2.24, 2.45) is 23.7 Å². The van der Waals surface area contributed by atoms with Crippen molar-refractivity contribution in [3.63, 3.8) is 0 Å². The summed E-state index contributed by atoms with van der Waals surface area (Å²) in [5.74, 6) is 4.70. The zero-order chi connectivity index (χ0) is 36.3. The third-order valence-corrected chi connectivity index (χ3v) is 13.5. The van der Waals surface area contributed by atoms with Gasteiger partial charge < -0.3 is 4.42 Å². The van der Waals surface area contributed by atoms with Gasteiger partial charge in [-0.15, -0.1) is 0 Å². The first-order valence-corrected chi connectivity index (χ1v) is 19.7. The molecule has 4 bridgehead atoms. The average Bonchev–Trinajstić information content (AvgIpc) is 3.76. The fraction of sp³-hybridized carbons (Fsp3) is 0.200. The molecule has 8 aromatic rings. The van der Waals surface area contributed by atoms with Gasteiger partial charge in [0.25, 0.3) is 0 Å². The molecule has 0 saturated heterocycles. The Morgan fingerprint density at radius 3 is 1.78 bits per heavy atom. The second kappa shape index (κ2) is 11.6. The Morgan fingerprint density at radius 1 is 0.527 bits per heavy atom. The molecule has 4 saturated carbocycles. The largest absolute Gasteiger partial charge is 0.455 e. The van der Waals surface area contributed by atoms with E-state index in [1.54, 1.807) is 0 Å². The van der Waals surface area contributed by atoms with Crippen LogP contribution in [0.4, 0.5) is 0 Å². The van der Waals surface area contributed by atoms with Gasteiger partial charge in [0, 0.05) is 38.4 Å². The van der Waals surface area contributed by atoms with Crippen molar-refractivity contribution in [1.82, 2.24) is 15.0 Å². The normalized spacial score (nSPS) is 23.0. The van der Waals surface area contributed by atoms with Crippen molar-refractivity contribution in [3.8, 4) is 62.5 Å². The van der Waals surface area contributed by atoms with E-state index in [0.29, 0.717) is 29.3 Å². The van der Waals surface area contributed by atoms with Gasteiger partial charge in [0.15, 0.2) is 17.5 Å². The smallest absolute Gasteiger partial charge is 0.164 e. The molecule has 0 radical (unpaired) electrons. The van der Waals surface area contributed by atoms with E-state index in [-0.39, 0.29) is 5.41 Å². The van der Waals surface area contributed by atoms with E-state index in [2.05, 4.69) is 72.8 Å². The molecule has 13 rings (SSSR count). The van der Waals surface area contributed by atoms with Gasteiger partial charge in [-0.05, 0) is 108 Å². The highest BCUT2D eigenvalue weighted by Gasteiger charge is 2.62. The third-order valence-electron chi connectivity index (χ3n) is 13.5. The van der Waals surface area contributed by atoms with Gasteiger partial charge in [-0.1, -0.05) is 109 Å². The molecule has 0 unspecified atom stereocenters. The number of hydrogen-bond acceptors (Lipinski definition) is 5. The summed E-state index contributed by atoms with van der Waals surface area (Å²) >= 11 is 0. The Hall–Kier alpha value is -6.38. The molecule has 4 fully saturated rings. The van der Waals surface area contributed by atoms with Crippen LogP contribution in [0.15, 0.2) is 138 Å². The Balaban J connectivity index is 1.04. The van der Waals surface area contributed by atoms with Crippen LogP contribution in [0.3, 0.4) is 0 Å². The summed E-state index contributed by atoms with van der Waals surface area (Å²) in [5.41, 5.74) is 13.0. The van der Waals surface area contributed by atoms with Crippen LogP contribution >= 0.6 is 0 Å². The second-order valence-electron chi connectivity index (χ2n) is 16.3. The summed E-state index contributed by atoms with van der Waals surface area (Å²) in [6.07, 6.45) is 6.52. The van der Waals surface area contributed by atoms with E-state index in [1.165, 1.54) is 59.9 Å². The number of rotatable bonds is 4. The minimum absolute atomic E-state index is 0.0888. The average molecular weight is 709 g/mol. The maximum atomic E-state index is 10.1. The summed E-state index contributed by atoms with van der Waals surface area (Å²) in [6.45, 7) is 0. The number of furan rings is 1. The molecule has 0 amide bonds. The van der Waals surface area contributed by atoms with Gasteiger partial charge in [-0.3, -0.25) is 0 Å². The first-order chi connectivity index (χ1) is 27.2. The number of benzene rings is 6. The number of fused-ring (bicyclic) bond motifs is 6. The molecule has 2 heterocycles. The molecular formula is C50H36N4O. The number of nitriles is 1. The van der Waals surface area contributed by atoms with E-state index < -0.39 is 0 Å². The molecule has 5 heteroatoms. The van der Waals surface area contributed by atoms with Crippen LogP contribution < -0.4 is 0 Å². The van der Waals surface area contributed by atoms with Gasteiger partial charge >= 0.3 is 0 Å². The van der Waals surface area contributed by atoms with E-state index in [9.17, 15) is 5.26 Å². The van der Waals surface area contributed by atoms with Crippen molar-refractivity contribution in [2.75, 3.05) is 0 Å². The van der Waals surface area contributed by atoms with Gasteiger partial charge in [0.05, 0.1) is 11.6 Å². The van der Waals surface area contributed by atoms with Crippen molar-refractivity contribution in [1.29, 1.82) is 5.26 Å². The lowest BCUT2D eigenvalue weighted by atomic mass is 9.42. The number of nitrogens with zero attached hydrogens (tertiary/aromatic N) is 4. The highest BCUT2D eigenvalue weighted by Crippen LogP contribution is 2.70. The monoisotopic (exact) mass is 708 g/mol. The molecule has 0 aliphatic heterocycles. The van der Waals surface area contributed by atoms with Gasteiger partial charge in [-0.25, -0.2) is 15.0 Å². The molecule has 2 aromatic heterocycles. The summed E-state index contributed by atoms with van der Waals surface area (Å²) in [6, 6.07) is 49.0. The molecule has 0 N–H and O–H groups in total. The zero-order valence-corrected chi connectivity index (χ0v) is 30.2. The number of hydrogen-bond donors (Lipinski definition) is 0. The van der Waals surface area contributed by atoms with Crippen LogP contribution in [0.5, 0.6) is 0 Å². The van der Waals surface area contributed by atoms with Gasteiger partial charge in [0.2, 0.25) is 0 Å². The molecule has 55 heavy (non-hydrogen) atoms. The van der Waals surface area contributed by atoms with Crippen LogP contribution in [-0.2, 0) is 5.41 Å². The molecule has 1 spiro atoms. The maximum absolute atomic E-state index is 10.1. The first kappa shape index (κ1) is 31.0. The lowest BCUT2D eigenvalue weighted by Crippen LogP contribution is -2.55. The third kappa shape index (κ3) is 4.43. The minimum atomic E-state index is -0.0888. The van der Waals surface area contributed by atoms with Gasteiger partial charge in [0.1, 0.15) is 11.2 Å². The molecule has 5 aliphatic rings. The fourth-order valence-corrected chi connectivity index (χ4v) is 11.6. The predicted octanol–water partition coefficient (Wildman–Crippen LogP) is 12.0. The van der Waals surface area contributed by atoms with E-state index in [0.717, 1.165) is 61.6 Å². The second-order valence-corrected chi connectivity index (χ2v) is 16.3.